The fraction of sp³-hybridized carbons (Fsp3) is 0.200. The van der Waals surface area contributed by atoms with Crippen LogP contribution in [0.15, 0.2) is 28.9 Å². The van der Waals surface area contributed by atoms with E-state index in [9.17, 15) is 4.79 Å². The second-order valence-corrected chi connectivity index (χ2v) is 7.00. The molecule has 2 aromatic heterocycles. The summed E-state index contributed by atoms with van der Waals surface area (Å²) >= 11 is 4.87. The molecule has 4 nitrogen and oxygen atoms in total. The van der Waals surface area contributed by atoms with Crippen molar-refractivity contribution in [2.75, 3.05) is 5.32 Å². The van der Waals surface area contributed by atoms with Crippen LogP contribution in [0.2, 0.25) is 0 Å². The first kappa shape index (κ1) is 14.3. The SMILES string of the molecule is Cc1cc(C)c2nc(NC(=O)c3cc(Br)cn3C)sc2c1. The molecule has 0 aliphatic heterocycles. The fourth-order valence-electron chi connectivity index (χ4n) is 2.34. The highest BCUT2D eigenvalue weighted by atomic mass is 79.9. The lowest BCUT2D eigenvalue weighted by Gasteiger charge is -2.02. The number of hydrogen-bond donors (Lipinski definition) is 1. The van der Waals surface area contributed by atoms with E-state index in [1.54, 1.807) is 10.6 Å². The van der Waals surface area contributed by atoms with Crippen LogP contribution in [0.3, 0.4) is 0 Å². The van der Waals surface area contributed by atoms with Gasteiger partial charge in [0.2, 0.25) is 0 Å². The number of nitrogens with zero attached hydrogens (tertiary/aromatic N) is 2. The molecule has 0 atom stereocenters. The van der Waals surface area contributed by atoms with Gasteiger partial charge in [-0.05, 0) is 53.0 Å². The number of thiazole rings is 1. The number of anilines is 1. The summed E-state index contributed by atoms with van der Waals surface area (Å²) in [6, 6.07) is 5.98. The molecule has 3 rings (SSSR count). The van der Waals surface area contributed by atoms with E-state index in [0.717, 1.165) is 20.3 Å². The zero-order chi connectivity index (χ0) is 15.1. The van der Waals surface area contributed by atoms with Crippen molar-refractivity contribution in [3.63, 3.8) is 0 Å². The number of carbonyl (C=O) groups is 1. The molecule has 21 heavy (non-hydrogen) atoms. The maximum atomic E-state index is 12.3. The van der Waals surface area contributed by atoms with Crippen LogP contribution in [0, 0.1) is 13.8 Å². The van der Waals surface area contributed by atoms with Crippen molar-refractivity contribution < 1.29 is 4.79 Å². The summed E-state index contributed by atoms with van der Waals surface area (Å²) in [4.78, 5) is 16.8. The van der Waals surface area contributed by atoms with E-state index in [4.69, 9.17) is 0 Å². The average molecular weight is 364 g/mol. The topological polar surface area (TPSA) is 46.9 Å². The number of nitrogens with one attached hydrogen (secondary N) is 1. The Labute approximate surface area is 134 Å². The third kappa shape index (κ3) is 2.73. The molecule has 1 aromatic carbocycles. The number of aromatic nitrogens is 2. The first-order chi connectivity index (χ1) is 9.94. The van der Waals surface area contributed by atoms with E-state index >= 15 is 0 Å². The number of halogens is 1. The van der Waals surface area contributed by atoms with Gasteiger partial charge in [-0.25, -0.2) is 4.98 Å². The van der Waals surface area contributed by atoms with Gasteiger partial charge in [-0.15, -0.1) is 0 Å². The Morgan fingerprint density at radius 1 is 1.33 bits per heavy atom. The molecule has 0 unspecified atom stereocenters. The van der Waals surface area contributed by atoms with Gasteiger partial charge in [0.1, 0.15) is 5.69 Å². The van der Waals surface area contributed by atoms with E-state index < -0.39 is 0 Å². The van der Waals surface area contributed by atoms with Crippen molar-refractivity contribution in [3.05, 3.63) is 45.7 Å². The highest BCUT2D eigenvalue weighted by molar-refractivity contribution is 9.10. The van der Waals surface area contributed by atoms with Crippen molar-refractivity contribution in [1.29, 1.82) is 0 Å². The van der Waals surface area contributed by atoms with E-state index in [2.05, 4.69) is 45.3 Å². The molecule has 1 N–H and O–H groups in total. The van der Waals surface area contributed by atoms with E-state index in [-0.39, 0.29) is 5.91 Å². The largest absolute Gasteiger partial charge is 0.345 e. The Kier molecular flexibility index (Phi) is 3.59. The van der Waals surface area contributed by atoms with Crippen LogP contribution >= 0.6 is 27.3 Å². The molecule has 1 amide bonds. The number of rotatable bonds is 2. The molecule has 0 saturated heterocycles. The van der Waals surface area contributed by atoms with Crippen LogP contribution in [0.5, 0.6) is 0 Å². The molecule has 0 bridgehead atoms. The van der Waals surface area contributed by atoms with Gasteiger partial charge in [0.25, 0.3) is 5.91 Å². The van der Waals surface area contributed by atoms with Crippen molar-refractivity contribution in [2.24, 2.45) is 7.05 Å². The zero-order valence-electron chi connectivity index (χ0n) is 11.9. The lowest BCUT2D eigenvalue weighted by atomic mass is 10.1. The fourth-order valence-corrected chi connectivity index (χ4v) is 3.90. The van der Waals surface area contributed by atoms with Crippen LogP contribution in [0.4, 0.5) is 5.13 Å². The lowest BCUT2D eigenvalue weighted by molar-refractivity contribution is 0.101. The van der Waals surface area contributed by atoms with Crippen LogP contribution in [0.1, 0.15) is 21.6 Å². The molecule has 3 aromatic rings. The summed E-state index contributed by atoms with van der Waals surface area (Å²) in [5, 5.41) is 3.50. The molecule has 0 aliphatic carbocycles. The Morgan fingerprint density at radius 3 is 2.76 bits per heavy atom. The summed E-state index contributed by atoms with van der Waals surface area (Å²) in [6.07, 6.45) is 1.85. The molecule has 0 spiro atoms. The van der Waals surface area contributed by atoms with E-state index in [0.29, 0.717) is 10.8 Å². The van der Waals surface area contributed by atoms with Gasteiger partial charge in [0.05, 0.1) is 10.2 Å². The van der Waals surface area contributed by atoms with E-state index in [1.807, 2.05) is 20.2 Å². The first-order valence-corrected chi connectivity index (χ1v) is 8.06. The van der Waals surface area contributed by atoms with Gasteiger partial charge in [0, 0.05) is 17.7 Å². The summed E-state index contributed by atoms with van der Waals surface area (Å²) < 4.78 is 3.75. The van der Waals surface area contributed by atoms with E-state index in [1.165, 1.54) is 16.9 Å². The monoisotopic (exact) mass is 363 g/mol. The van der Waals surface area contributed by atoms with Crippen molar-refractivity contribution in [3.8, 4) is 0 Å². The number of amides is 1. The summed E-state index contributed by atoms with van der Waals surface area (Å²) in [6.45, 7) is 4.10. The molecule has 108 valence electrons. The molecular weight excluding hydrogens is 350 g/mol. The molecule has 0 radical (unpaired) electrons. The zero-order valence-corrected chi connectivity index (χ0v) is 14.3. The number of fused-ring (bicyclic) bond motifs is 1. The first-order valence-electron chi connectivity index (χ1n) is 6.45. The summed E-state index contributed by atoms with van der Waals surface area (Å²) in [7, 11) is 1.84. The minimum atomic E-state index is -0.156. The number of aryl methyl sites for hydroxylation is 3. The van der Waals surface area contributed by atoms with Crippen LogP contribution in [-0.2, 0) is 7.05 Å². The van der Waals surface area contributed by atoms with Gasteiger partial charge in [-0.1, -0.05) is 17.4 Å². The van der Waals surface area contributed by atoms with Gasteiger partial charge in [0.15, 0.2) is 5.13 Å². The lowest BCUT2D eigenvalue weighted by Crippen LogP contribution is -2.15. The molecule has 2 heterocycles. The Morgan fingerprint density at radius 2 is 2.10 bits per heavy atom. The van der Waals surface area contributed by atoms with Gasteiger partial charge >= 0.3 is 0 Å². The standard InChI is InChI=1S/C15H14BrN3OS/c1-8-4-9(2)13-12(5-8)21-15(17-13)18-14(20)11-6-10(16)7-19(11)3/h4-7H,1-3H3,(H,17,18,20). The minimum Gasteiger partial charge on any atom is -0.345 e. The maximum Gasteiger partial charge on any atom is 0.274 e. The molecule has 0 fully saturated rings. The third-order valence-electron chi connectivity index (χ3n) is 3.25. The Hall–Kier alpha value is -1.66. The van der Waals surface area contributed by atoms with Crippen molar-refractivity contribution in [1.82, 2.24) is 9.55 Å². The molecular formula is C15H14BrN3OS. The summed E-state index contributed by atoms with van der Waals surface area (Å²) in [5.74, 6) is -0.156. The van der Waals surface area contributed by atoms with Crippen molar-refractivity contribution in [2.45, 2.75) is 13.8 Å². The highest BCUT2D eigenvalue weighted by Crippen LogP contribution is 2.29. The van der Waals surface area contributed by atoms with Crippen molar-refractivity contribution >= 4 is 48.5 Å². The number of benzene rings is 1. The molecule has 6 heteroatoms. The predicted octanol–water partition coefficient (Wildman–Crippen LogP) is 4.27. The number of carbonyl (C=O) groups excluding carboxylic acids is 1. The average Bonchev–Trinajstić information content (AvgIpc) is 2.92. The second kappa shape index (κ2) is 5.27. The highest BCUT2D eigenvalue weighted by Gasteiger charge is 2.14. The van der Waals surface area contributed by atoms with Gasteiger partial charge < -0.3 is 4.57 Å². The van der Waals surface area contributed by atoms with Crippen LogP contribution in [0.25, 0.3) is 10.2 Å². The molecule has 0 aliphatic rings. The molecule has 0 saturated carbocycles. The Balaban J connectivity index is 1.93. The van der Waals surface area contributed by atoms with Crippen LogP contribution < -0.4 is 5.32 Å². The summed E-state index contributed by atoms with van der Waals surface area (Å²) in [5.41, 5.74) is 3.87. The van der Waals surface area contributed by atoms with Gasteiger partial charge in [-0.3, -0.25) is 10.1 Å². The third-order valence-corrected chi connectivity index (χ3v) is 4.61. The number of hydrogen-bond acceptors (Lipinski definition) is 3. The normalized spacial score (nSPS) is 11.0. The Bertz CT molecular complexity index is 850. The second-order valence-electron chi connectivity index (χ2n) is 5.06. The quantitative estimate of drug-likeness (QED) is 0.738. The smallest absolute Gasteiger partial charge is 0.274 e. The van der Waals surface area contributed by atoms with Gasteiger partial charge in [-0.2, -0.15) is 0 Å². The maximum absolute atomic E-state index is 12.3. The van der Waals surface area contributed by atoms with Crippen LogP contribution in [-0.4, -0.2) is 15.5 Å². The minimum absolute atomic E-state index is 0.156. The predicted molar refractivity (Wildman–Crippen MR) is 90.2 cm³/mol.